The van der Waals surface area contributed by atoms with Crippen molar-refractivity contribution in [1.82, 2.24) is 10.2 Å². The molecule has 0 aliphatic rings. The number of anilines is 1. The summed E-state index contributed by atoms with van der Waals surface area (Å²) < 4.78 is 32.5. The molecule has 0 fully saturated rings. The van der Waals surface area contributed by atoms with E-state index >= 15 is 0 Å². The van der Waals surface area contributed by atoms with Gasteiger partial charge >= 0.3 is 0 Å². The molecule has 0 aliphatic heterocycles. The lowest BCUT2D eigenvalue weighted by Crippen LogP contribution is -2.54. The van der Waals surface area contributed by atoms with Crippen LogP contribution >= 0.6 is 0 Å². The molecule has 0 aromatic heterocycles. The van der Waals surface area contributed by atoms with Gasteiger partial charge in [0.2, 0.25) is 21.8 Å². The fourth-order valence-electron chi connectivity index (χ4n) is 4.60. The molecule has 9 heteroatoms. The molecule has 226 valence electrons. The number of ether oxygens (including phenoxy) is 1. The monoisotopic (exact) mass is 593 g/mol. The number of hydrogen-bond acceptors (Lipinski definition) is 5. The van der Waals surface area contributed by atoms with Crippen molar-refractivity contribution >= 4 is 27.5 Å². The van der Waals surface area contributed by atoms with Gasteiger partial charge in [0.15, 0.2) is 0 Å². The Morgan fingerprint density at radius 3 is 2.12 bits per heavy atom. The highest BCUT2D eigenvalue weighted by atomic mass is 32.2. The predicted octanol–water partition coefficient (Wildman–Crippen LogP) is 5.14. The van der Waals surface area contributed by atoms with Crippen LogP contribution < -0.4 is 14.4 Å². The number of hydrogen-bond donors (Lipinski definition) is 1. The van der Waals surface area contributed by atoms with Crippen LogP contribution in [0.1, 0.15) is 56.7 Å². The number of carbonyl (C=O) groups excluding carboxylic acids is 2. The van der Waals surface area contributed by atoms with Crippen molar-refractivity contribution in [2.45, 2.75) is 65.1 Å². The van der Waals surface area contributed by atoms with E-state index in [2.05, 4.69) is 19.2 Å². The molecule has 0 saturated carbocycles. The first-order chi connectivity index (χ1) is 19.9. The fraction of sp³-hybridized carbons (Fsp3) is 0.394. The maximum atomic E-state index is 14.2. The highest BCUT2D eigenvalue weighted by Crippen LogP contribution is 2.24. The van der Waals surface area contributed by atoms with Crippen molar-refractivity contribution in [2.24, 2.45) is 0 Å². The van der Waals surface area contributed by atoms with Crippen molar-refractivity contribution in [3.63, 3.8) is 0 Å². The molecule has 0 bridgehead atoms. The maximum Gasteiger partial charge on any atom is 0.244 e. The maximum absolute atomic E-state index is 14.2. The van der Waals surface area contributed by atoms with Gasteiger partial charge in [-0.05, 0) is 60.2 Å². The molecule has 0 aliphatic carbocycles. The lowest BCUT2D eigenvalue weighted by Gasteiger charge is -2.34. The average molecular weight is 594 g/mol. The Hall–Kier alpha value is -3.85. The van der Waals surface area contributed by atoms with Crippen molar-refractivity contribution in [3.05, 3.63) is 95.6 Å². The Morgan fingerprint density at radius 2 is 1.55 bits per heavy atom. The second-order valence-corrected chi connectivity index (χ2v) is 12.8. The van der Waals surface area contributed by atoms with Crippen molar-refractivity contribution < 1.29 is 22.7 Å². The van der Waals surface area contributed by atoms with Crippen molar-refractivity contribution in [1.29, 1.82) is 0 Å². The third-order valence-corrected chi connectivity index (χ3v) is 8.43. The first-order valence-corrected chi connectivity index (χ1v) is 16.1. The minimum absolute atomic E-state index is 0.0886. The summed E-state index contributed by atoms with van der Waals surface area (Å²) in [5.74, 6) is 0.105. The Kier molecular flexibility index (Phi) is 11.6. The van der Waals surface area contributed by atoms with Gasteiger partial charge < -0.3 is 15.0 Å². The topological polar surface area (TPSA) is 96.0 Å². The minimum Gasteiger partial charge on any atom is -0.497 e. The first-order valence-electron chi connectivity index (χ1n) is 14.3. The molecule has 0 unspecified atom stereocenters. The van der Waals surface area contributed by atoms with Crippen molar-refractivity contribution in [3.8, 4) is 5.75 Å². The Labute approximate surface area is 250 Å². The summed E-state index contributed by atoms with van der Waals surface area (Å²) in [6, 6.07) is 23.0. The van der Waals surface area contributed by atoms with Gasteiger partial charge in [0, 0.05) is 19.0 Å². The van der Waals surface area contributed by atoms with Crippen LogP contribution in [0.15, 0.2) is 78.9 Å². The summed E-state index contributed by atoms with van der Waals surface area (Å²) >= 11 is 0. The van der Waals surface area contributed by atoms with Gasteiger partial charge in [0.1, 0.15) is 18.3 Å². The molecule has 1 N–H and O–H groups in total. The summed E-state index contributed by atoms with van der Waals surface area (Å²) in [4.78, 5) is 29.5. The minimum atomic E-state index is -3.83. The molecule has 3 aromatic rings. The van der Waals surface area contributed by atoms with Crippen LogP contribution in [0.2, 0.25) is 0 Å². The molecule has 0 heterocycles. The summed E-state index contributed by atoms with van der Waals surface area (Å²) in [6.45, 7) is 7.64. The smallest absolute Gasteiger partial charge is 0.244 e. The summed E-state index contributed by atoms with van der Waals surface area (Å²) in [6.07, 6.45) is 2.07. The molecule has 3 rings (SSSR count). The quantitative estimate of drug-likeness (QED) is 0.279. The predicted molar refractivity (Wildman–Crippen MR) is 168 cm³/mol. The van der Waals surface area contributed by atoms with Crippen LogP contribution in [0.5, 0.6) is 5.75 Å². The van der Waals surface area contributed by atoms with E-state index in [1.165, 1.54) is 4.90 Å². The van der Waals surface area contributed by atoms with Crippen LogP contribution in [-0.4, -0.2) is 57.1 Å². The fourth-order valence-corrected chi connectivity index (χ4v) is 5.45. The molecule has 2 atom stereocenters. The standard InChI is InChI=1S/C33H43N3O5S/c1-7-25(4)34-33(38)31(21-26-12-9-8-10-13-26)35(22-27-14-11-15-30(20-27)41-5)32(37)23-36(42(6,39)40)29-18-16-28(17-19-29)24(2)3/h8-20,24-25,31H,7,21-23H2,1-6H3,(H,34,38)/t25-,31-/m1/s1. The van der Waals surface area contributed by atoms with E-state index < -0.39 is 28.5 Å². The van der Waals surface area contributed by atoms with Gasteiger partial charge in [-0.25, -0.2) is 8.42 Å². The van der Waals surface area contributed by atoms with Crippen LogP contribution in [0.4, 0.5) is 5.69 Å². The zero-order valence-corrected chi connectivity index (χ0v) is 26.2. The third-order valence-electron chi connectivity index (χ3n) is 7.29. The normalized spacial score (nSPS) is 12.8. The van der Waals surface area contributed by atoms with Crippen LogP contribution in [0.3, 0.4) is 0 Å². The summed E-state index contributed by atoms with van der Waals surface area (Å²) in [5.41, 5.74) is 3.09. The van der Waals surface area contributed by atoms with Crippen LogP contribution in [-0.2, 0) is 32.6 Å². The Balaban J connectivity index is 2.06. The number of carbonyl (C=O) groups is 2. The highest BCUT2D eigenvalue weighted by Gasteiger charge is 2.33. The highest BCUT2D eigenvalue weighted by molar-refractivity contribution is 7.92. The van der Waals surface area contributed by atoms with E-state index in [4.69, 9.17) is 4.74 Å². The third kappa shape index (κ3) is 9.08. The molecule has 42 heavy (non-hydrogen) atoms. The number of amides is 2. The van der Waals surface area contributed by atoms with Gasteiger partial charge in [-0.3, -0.25) is 13.9 Å². The SMILES string of the molecule is CC[C@@H](C)NC(=O)[C@@H](Cc1ccccc1)N(Cc1cccc(OC)c1)C(=O)CN(c1ccc(C(C)C)cc1)S(C)(=O)=O. The summed E-state index contributed by atoms with van der Waals surface area (Å²) in [7, 11) is -2.26. The van der Waals surface area contributed by atoms with Crippen molar-refractivity contribution in [2.75, 3.05) is 24.2 Å². The molecule has 3 aromatic carbocycles. The molecule has 0 radical (unpaired) electrons. The number of benzene rings is 3. The van der Waals surface area contributed by atoms with E-state index in [1.54, 1.807) is 25.3 Å². The molecule has 2 amide bonds. The summed E-state index contributed by atoms with van der Waals surface area (Å²) in [5, 5.41) is 3.04. The van der Waals surface area contributed by atoms with Gasteiger partial charge in [-0.1, -0.05) is 75.4 Å². The average Bonchev–Trinajstić information content (AvgIpc) is 2.97. The molecule has 0 saturated heterocycles. The van der Waals surface area contributed by atoms with Crippen LogP contribution in [0.25, 0.3) is 0 Å². The van der Waals surface area contributed by atoms with Gasteiger partial charge in [-0.15, -0.1) is 0 Å². The Morgan fingerprint density at radius 1 is 0.905 bits per heavy atom. The second kappa shape index (κ2) is 14.9. The van der Waals surface area contributed by atoms with E-state index in [1.807, 2.05) is 74.5 Å². The molecular weight excluding hydrogens is 550 g/mol. The zero-order valence-electron chi connectivity index (χ0n) is 25.4. The number of nitrogens with one attached hydrogen (secondary N) is 1. The first kappa shape index (κ1) is 32.7. The van der Waals surface area contributed by atoms with Gasteiger partial charge in [-0.2, -0.15) is 0 Å². The molecular formula is C33H43N3O5S. The van der Waals surface area contributed by atoms with E-state index in [0.717, 1.165) is 33.7 Å². The second-order valence-electron chi connectivity index (χ2n) is 10.9. The Bertz CT molecular complexity index is 1430. The number of rotatable bonds is 14. The lowest BCUT2D eigenvalue weighted by molar-refractivity contribution is -0.140. The van der Waals surface area contributed by atoms with Gasteiger partial charge in [0.25, 0.3) is 0 Å². The van der Waals surface area contributed by atoms with Gasteiger partial charge in [0.05, 0.1) is 19.1 Å². The number of nitrogens with zero attached hydrogens (tertiary/aromatic N) is 2. The van der Waals surface area contributed by atoms with E-state index in [-0.39, 0.29) is 30.8 Å². The largest absolute Gasteiger partial charge is 0.497 e. The van der Waals surface area contributed by atoms with Crippen LogP contribution in [0, 0.1) is 0 Å². The number of methoxy groups -OCH3 is 1. The molecule has 8 nitrogen and oxygen atoms in total. The number of sulfonamides is 1. The van der Waals surface area contributed by atoms with E-state index in [0.29, 0.717) is 11.4 Å². The van der Waals surface area contributed by atoms with E-state index in [9.17, 15) is 18.0 Å². The molecule has 0 spiro atoms. The zero-order chi connectivity index (χ0) is 30.9. The lowest BCUT2D eigenvalue weighted by atomic mass is 10.0.